The molecule has 1 aliphatic heterocycles. The minimum Gasteiger partial charge on any atom is -0.408 e. The molecule has 1 fully saturated rings. The topological polar surface area (TPSA) is 65.1 Å². The average molecular weight is 255 g/mol. The lowest BCUT2D eigenvalue weighted by molar-refractivity contribution is 0.293. The van der Waals surface area contributed by atoms with E-state index in [-0.39, 0.29) is 5.96 Å². The van der Waals surface area contributed by atoms with Crippen LogP contribution in [0.3, 0.4) is 0 Å². The van der Waals surface area contributed by atoms with Crippen LogP contribution in [0.15, 0.2) is 29.4 Å². The first-order valence-corrected chi connectivity index (χ1v) is 5.81. The van der Waals surface area contributed by atoms with Gasteiger partial charge in [0.25, 0.3) is 0 Å². The maximum atomic E-state index is 8.60. The number of halogens is 1. The van der Waals surface area contributed by atoms with E-state index in [0.29, 0.717) is 0 Å². The smallest absolute Gasteiger partial charge is 0.233 e. The Bertz CT molecular complexity index is 416. The van der Waals surface area contributed by atoms with Gasteiger partial charge >= 0.3 is 0 Å². The third kappa shape index (κ3) is 2.74. The minimum atomic E-state index is 0.177. The van der Waals surface area contributed by atoms with Gasteiger partial charge in [-0.25, -0.2) is 0 Å². The van der Waals surface area contributed by atoms with Crippen LogP contribution in [0.4, 0.5) is 5.69 Å². The predicted octanol–water partition coefficient (Wildman–Crippen LogP) is 1.17. The Balaban J connectivity index is 2.00. The van der Waals surface area contributed by atoms with E-state index in [1.807, 2.05) is 29.2 Å². The molecule has 0 saturated carbocycles. The highest BCUT2D eigenvalue weighted by molar-refractivity contribution is 6.30. The van der Waals surface area contributed by atoms with Crippen molar-refractivity contribution in [3.63, 3.8) is 0 Å². The number of guanidine groups is 1. The van der Waals surface area contributed by atoms with E-state index in [9.17, 15) is 0 Å². The van der Waals surface area contributed by atoms with E-state index in [2.05, 4.69) is 10.1 Å². The second-order valence-electron chi connectivity index (χ2n) is 3.91. The highest BCUT2D eigenvalue weighted by atomic mass is 35.5. The molecule has 0 atom stereocenters. The van der Waals surface area contributed by atoms with Crippen LogP contribution < -0.4 is 10.6 Å². The van der Waals surface area contributed by atoms with Gasteiger partial charge in [-0.2, -0.15) is 0 Å². The highest BCUT2D eigenvalue weighted by Gasteiger charge is 2.18. The van der Waals surface area contributed by atoms with Gasteiger partial charge in [-0.3, -0.25) is 0 Å². The van der Waals surface area contributed by atoms with Crippen molar-refractivity contribution < 1.29 is 5.21 Å². The molecule has 0 aliphatic carbocycles. The van der Waals surface area contributed by atoms with Crippen molar-refractivity contribution >= 4 is 23.2 Å². The van der Waals surface area contributed by atoms with Crippen molar-refractivity contribution in [2.45, 2.75) is 0 Å². The summed E-state index contributed by atoms with van der Waals surface area (Å²) < 4.78 is 0. The fourth-order valence-electron chi connectivity index (χ4n) is 1.93. The molecular formula is C11H15ClN4O. The highest BCUT2D eigenvalue weighted by Crippen LogP contribution is 2.20. The molecule has 92 valence electrons. The molecule has 1 aromatic rings. The first-order chi connectivity index (χ1) is 8.20. The molecule has 5 nitrogen and oxygen atoms in total. The Morgan fingerprint density at radius 2 is 2.00 bits per heavy atom. The molecule has 1 heterocycles. The summed E-state index contributed by atoms with van der Waals surface area (Å²) in [5.74, 6) is 0.177. The molecule has 0 bridgehead atoms. The zero-order valence-corrected chi connectivity index (χ0v) is 10.1. The molecule has 0 radical (unpaired) electrons. The van der Waals surface area contributed by atoms with Gasteiger partial charge in [0.1, 0.15) is 0 Å². The first-order valence-electron chi connectivity index (χ1n) is 5.43. The van der Waals surface area contributed by atoms with E-state index in [1.165, 1.54) is 0 Å². The number of anilines is 1. The molecule has 0 aromatic heterocycles. The van der Waals surface area contributed by atoms with E-state index in [1.54, 1.807) is 0 Å². The number of rotatable bonds is 1. The summed E-state index contributed by atoms with van der Waals surface area (Å²) in [5, 5.41) is 12.3. The normalized spacial score (nSPS) is 17.4. The summed E-state index contributed by atoms with van der Waals surface area (Å²) >= 11 is 5.96. The van der Waals surface area contributed by atoms with Crippen molar-refractivity contribution in [1.82, 2.24) is 4.90 Å². The van der Waals surface area contributed by atoms with Crippen LogP contribution in [0.1, 0.15) is 0 Å². The number of hydrogen-bond donors (Lipinski definition) is 2. The maximum absolute atomic E-state index is 8.60. The largest absolute Gasteiger partial charge is 0.408 e. The Morgan fingerprint density at radius 3 is 2.59 bits per heavy atom. The number of nitrogens with two attached hydrogens (primary N) is 1. The van der Waals surface area contributed by atoms with Crippen molar-refractivity contribution in [1.29, 1.82) is 0 Å². The van der Waals surface area contributed by atoms with Gasteiger partial charge in [0.15, 0.2) is 0 Å². The standard InChI is InChI=1S/C11H15ClN4O/c12-9-2-1-3-10(8-9)15-4-6-16(7-5-15)11(13)14-17/h1-3,8,17H,4-7H2,(H2,13,14). The Kier molecular flexibility index (Phi) is 3.58. The zero-order chi connectivity index (χ0) is 12.3. The second-order valence-corrected chi connectivity index (χ2v) is 4.35. The van der Waals surface area contributed by atoms with Crippen LogP contribution in [-0.2, 0) is 0 Å². The third-order valence-corrected chi connectivity index (χ3v) is 3.11. The van der Waals surface area contributed by atoms with Crippen LogP contribution in [0.25, 0.3) is 0 Å². The molecule has 0 spiro atoms. The second kappa shape index (κ2) is 5.14. The molecule has 17 heavy (non-hydrogen) atoms. The minimum absolute atomic E-state index is 0.177. The van der Waals surface area contributed by atoms with Crippen molar-refractivity contribution in [3.05, 3.63) is 29.3 Å². The maximum Gasteiger partial charge on any atom is 0.233 e. The summed E-state index contributed by atoms with van der Waals surface area (Å²) in [6, 6.07) is 7.77. The molecular weight excluding hydrogens is 240 g/mol. The monoisotopic (exact) mass is 254 g/mol. The molecule has 2 rings (SSSR count). The summed E-state index contributed by atoms with van der Waals surface area (Å²) in [5.41, 5.74) is 6.65. The van der Waals surface area contributed by atoms with Gasteiger partial charge in [0.05, 0.1) is 0 Å². The van der Waals surface area contributed by atoms with Crippen LogP contribution in [0.5, 0.6) is 0 Å². The van der Waals surface area contributed by atoms with Crippen molar-refractivity contribution in [3.8, 4) is 0 Å². The third-order valence-electron chi connectivity index (χ3n) is 2.88. The summed E-state index contributed by atoms with van der Waals surface area (Å²) in [6.07, 6.45) is 0. The summed E-state index contributed by atoms with van der Waals surface area (Å²) in [6.45, 7) is 3.14. The molecule has 0 unspecified atom stereocenters. The molecule has 1 aromatic carbocycles. The fraction of sp³-hybridized carbons (Fsp3) is 0.364. The lowest BCUT2D eigenvalue weighted by Crippen LogP contribution is -2.51. The van der Waals surface area contributed by atoms with Gasteiger partial charge in [-0.05, 0) is 18.2 Å². The van der Waals surface area contributed by atoms with Gasteiger partial charge in [0.2, 0.25) is 5.96 Å². The SMILES string of the molecule is NC(=NO)N1CCN(c2cccc(Cl)c2)CC1. The summed E-state index contributed by atoms with van der Waals surface area (Å²) in [7, 11) is 0. The van der Waals surface area contributed by atoms with Crippen molar-refractivity contribution in [2.75, 3.05) is 31.1 Å². The molecule has 0 amide bonds. The summed E-state index contributed by atoms with van der Waals surface area (Å²) in [4.78, 5) is 4.08. The zero-order valence-electron chi connectivity index (χ0n) is 9.38. The molecule has 6 heteroatoms. The quantitative estimate of drug-likeness (QED) is 0.342. The first kappa shape index (κ1) is 11.9. The van der Waals surface area contributed by atoms with Crippen LogP contribution in [-0.4, -0.2) is 42.2 Å². The van der Waals surface area contributed by atoms with Crippen LogP contribution in [0.2, 0.25) is 5.02 Å². The molecule has 3 N–H and O–H groups in total. The van der Waals surface area contributed by atoms with Gasteiger partial charge in [-0.1, -0.05) is 22.8 Å². The lowest BCUT2D eigenvalue weighted by atomic mass is 10.2. The van der Waals surface area contributed by atoms with Crippen LogP contribution >= 0.6 is 11.6 Å². The van der Waals surface area contributed by atoms with E-state index < -0.39 is 0 Å². The Morgan fingerprint density at radius 1 is 1.29 bits per heavy atom. The Labute approximate surface area is 105 Å². The van der Waals surface area contributed by atoms with Gasteiger partial charge in [-0.15, -0.1) is 0 Å². The number of piperazine rings is 1. The lowest BCUT2D eigenvalue weighted by Gasteiger charge is -2.36. The van der Waals surface area contributed by atoms with E-state index in [4.69, 9.17) is 22.5 Å². The number of hydrogen-bond acceptors (Lipinski definition) is 3. The van der Waals surface area contributed by atoms with Crippen molar-refractivity contribution in [2.24, 2.45) is 10.9 Å². The van der Waals surface area contributed by atoms with Gasteiger partial charge < -0.3 is 20.7 Å². The molecule has 1 saturated heterocycles. The fourth-order valence-corrected chi connectivity index (χ4v) is 2.11. The molecule has 1 aliphatic rings. The van der Waals surface area contributed by atoms with Gasteiger partial charge in [0, 0.05) is 36.9 Å². The van der Waals surface area contributed by atoms with E-state index in [0.717, 1.165) is 36.9 Å². The van der Waals surface area contributed by atoms with Crippen LogP contribution in [0, 0.1) is 0 Å². The number of oxime groups is 1. The number of nitrogens with zero attached hydrogens (tertiary/aromatic N) is 3. The Hall–Kier alpha value is -1.62. The average Bonchev–Trinajstić information content (AvgIpc) is 2.38. The number of benzene rings is 1. The van der Waals surface area contributed by atoms with E-state index >= 15 is 0 Å². The predicted molar refractivity (Wildman–Crippen MR) is 68.6 cm³/mol.